The highest BCUT2D eigenvalue weighted by molar-refractivity contribution is 6.31. The van der Waals surface area contributed by atoms with E-state index in [-0.39, 0.29) is 18.3 Å². The van der Waals surface area contributed by atoms with Crippen LogP contribution in [0.3, 0.4) is 0 Å². The summed E-state index contributed by atoms with van der Waals surface area (Å²) in [4.78, 5) is 15.4. The van der Waals surface area contributed by atoms with Crippen molar-refractivity contribution < 1.29 is 9.53 Å². The maximum absolute atomic E-state index is 12.9. The van der Waals surface area contributed by atoms with Gasteiger partial charge in [0.25, 0.3) is 0 Å². The van der Waals surface area contributed by atoms with Gasteiger partial charge in [0.15, 0.2) is 0 Å². The molecule has 0 aliphatic carbocycles. The van der Waals surface area contributed by atoms with E-state index >= 15 is 0 Å². The van der Waals surface area contributed by atoms with Crippen molar-refractivity contribution in [3.05, 3.63) is 106 Å². The van der Waals surface area contributed by atoms with Crippen molar-refractivity contribution in [2.45, 2.75) is 51.9 Å². The van der Waals surface area contributed by atoms with E-state index in [1.165, 1.54) is 5.56 Å². The molecule has 4 nitrogen and oxygen atoms in total. The summed E-state index contributed by atoms with van der Waals surface area (Å²) in [6.07, 6.45) is 5.15. The zero-order valence-corrected chi connectivity index (χ0v) is 25.4. The molecule has 2 unspecified atom stereocenters. The Morgan fingerprint density at radius 2 is 1.59 bits per heavy atom. The fourth-order valence-corrected chi connectivity index (χ4v) is 6.55. The predicted octanol–water partition coefficient (Wildman–Crippen LogP) is 8.20. The third-order valence-electron chi connectivity index (χ3n) is 8.56. The molecule has 0 N–H and O–H groups in total. The molecular weight excluding hydrogens is 551 g/mol. The van der Waals surface area contributed by atoms with Crippen LogP contribution in [-0.4, -0.2) is 37.1 Å². The van der Waals surface area contributed by atoms with Gasteiger partial charge in [0.05, 0.1) is 24.5 Å². The number of likely N-dealkylation sites (tertiary alicyclic amines) is 1. The van der Waals surface area contributed by atoms with Crippen LogP contribution in [0.4, 0.5) is 0 Å². The Hall–Kier alpha value is -2.84. The first-order valence-electron chi connectivity index (χ1n) is 14.7. The summed E-state index contributed by atoms with van der Waals surface area (Å²) in [5.74, 6) is 0.0951. The lowest BCUT2D eigenvalue weighted by molar-refractivity contribution is -0.145. The average molecular weight is 592 g/mol. The second kappa shape index (κ2) is 15.4. The molecule has 0 radical (unpaired) electrons. The molecule has 0 saturated carbocycles. The first kappa shape index (κ1) is 31.1. The largest absolute Gasteiger partial charge is 0.466 e. The second-order valence-electron chi connectivity index (χ2n) is 11.3. The summed E-state index contributed by atoms with van der Waals surface area (Å²) < 4.78 is 5.39. The molecule has 0 aromatic heterocycles. The molecule has 41 heavy (non-hydrogen) atoms. The molecule has 1 saturated heterocycles. The molecule has 4 rings (SSSR count). The van der Waals surface area contributed by atoms with Gasteiger partial charge in [-0.3, -0.25) is 4.79 Å². The van der Waals surface area contributed by atoms with Crippen LogP contribution in [-0.2, 0) is 28.8 Å². The van der Waals surface area contributed by atoms with E-state index in [0.717, 1.165) is 50.0 Å². The fraction of sp³-hybridized carbons (Fsp3) is 0.429. The third kappa shape index (κ3) is 8.82. The first-order chi connectivity index (χ1) is 19.9. The second-order valence-corrected chi connectivity index (χ2v) is 12.1. The SMILES string of the molecule is CCOC(=O)CC(Cc1ccccc1Cl)C(C#N)(CCN1CCC(Cc2ccccc2)CC1)Cc1ccccc1Cl. The number of ether oxygens (including phenoxy) is 1. The van der Waals surface area contributed by atoms with Gasteiger partial charge in [-0.25, -0.2) is 0 Å². The minimum absolute atomic E-state index is 0.149. The van der Waals surface area contributed by atoms with Crippen LogP contribution < -0.4 is 0 Å². The lowest BCUT2D eigenvalue weighted by Gasteiger charge is -2.39. The van der Waals surface area contributed by atoms with Crippen molar-refractivity contribution in [1.82, 2.24) is 4.90 Å². The average Bonchev–Trinajstić information content (AvgIpc) is 2.98. The molecular formula is C35H40Cl2N2O2. The summed E-state index contributed by atoms with van der Waals surface area (Å²) in [5.41, 5.74) is 2.42. The minimum Gasteiger partial charge on any atom is -0.466 e. The van der Waals surface area contributed by atoms with Gasteiger partial charge < -0.3 is 9.64 Å². The molecule has 0 bridgehead atoms. The van der Waals surface area contributed by atoms with Gasteiger partial charge in [-0.05, 0) is 106 Å². The topological polar surface area (TPSA) is 53.3 Å². The number of carbonyl (C=O) groups excluding carboxylic acids is 1. The van der Waals surface area contributed by atoms with Crippen LogP contribution in [0, 0.1) is 28.6 Å². The minimum atomic E-state index is -0.836. The maximum Gasteiger partial charge on any atom is 0.306 e. The predicted molar refractivity (Wildman–Crippen MR) is 167 cm³/mol. The number of benzene rings is 3. The van der Waals surface area contributed by atoms with Gasteiger partial charge >= 0.3 is 5.97 Å². The first-order valence-corrected chi connectivity index (χ1v) is 15.5. The molecule has 2 atom stereocenters. The number of nitriles is 1. The van der Waals surface area contributed by atoms with Crippen molar-refractivity contribution >= 4 is 29.2 Å². The molecule has 216 valence electrons. The highest BCUT2D eigenvalue weighted by atomic mass is 35.5. The third-order valence-corrected chi connectivity index (χ3v) is 9.30. The number of rotatable bonds is 13. The number of carbonyl (C=O) groups is 1. The number of piperidine rings is 1. The summed E-state index contributed by atoms with van der Waals surface area (Å²) in [6, 6.07) is 28.8. The lowest BCUT2D eigenvalue weighted by Crippen LogP contribution is -2.41. The number of hydrogen-bond donors (Lipinski definition) is 0. The van der Waals surface area contributed by atoms with Crippen LogP contribution in [0.15, 0.2) is 78.9 Å². The molecule has 1 aliphatic heterocycles. The van der Waals surface area contributed by atoms with Crippen molar-refractivity contribution in [3.8, 4) is 6.07 Å². The highest BCUT2D eigenvalue weighted by Crippen LogP contribution is 2.42. The molecule has 1 aliphatic rings. The van der Waals surface area contributed by atoms with Gasteiger partial charge in [0.2, 0.25) is 0 Å². The van der Waals surface area contributed by atoms with E-state index in [0.29, 0.717) is 41.8 Å². The van der Waals surface area contributed by atoms with Crippen molar-refractivity contribution in [2.24, 2.45) is 17.3 Å². The molecule has 6 heteroatoms. The molecule has 3 aromatic carbocycles. The monoisotopic (exact) mass is 590 g/mol. The summed E-state index contributed by atoms with van der Waals surface area (Å²) in [5, 5.41) is 12.2. The van der Waals surface area contributed by atoms with Gasteiger partial charge in [-0.1, -0.05) is 89.9 Å². The van der Waals surface area contributed by atoms with E-state index in [2.05, 4.69) is 41.3 Å². The maximum atomic E-state index is 12.9. The van der Waals surface area contributed by atoms with E-state index in [4.69, 9.17) is 27.9 Å². The van der Waals surface area contributed by atoms with Crippen LogP contribution >= 0.6 is 23.2 Å². The summed E-state index contributed by atoms with van der Waals surface area (Å²) in [7, 11) is 0. The Morgan fingerprint density at radius 1 is 0.976 bits per heavy atom. The van der Waals surface area contributed by atoms with Gasteiger partial charge in [-0.15, -0.1) is 0 Å². The van der Waals surface area contributed by atoms with E-state index in [9.17, 15) is 10.1 Å². The molecule has 3 aromatic rings. The number of hydrogen-bond acceptors (Lipinski definition) is 4. The number of esters is 1. The van der Waals surface area contributed by atoms with Crippen molar-refractivity contribution in [3.63, 3.8) is 0 Å². The highest BCUT2D eigenvalue weighted by Gasteiger charge is 2.42. The molecule has 0 spiro atoms. The van der Waals surface area contributed by atoms with Crippen LogP contribution in [0.5, 0.6) is 0 Å². The smallest absolute Gasteiger partial charge is 0.306 e. The Balaban J connectivity index is 1.56. The molecule has 1 heterocycles. The van der Waals surface area contributed by atoms with Crippen LogP contribution in [0.1, 0.15) is 49.3 Å². The molecule has 1 fully saturated rings. The van der Waals surface area contributed by atoms with Crippen LogP contribution in [0.2, 0.25) is 10.0 Å². The zero-order chi connectivity index (χ0) is 29.1. The molecule has 0 amide bonds. The normalized spacial score (nSPS) is 16.4. The van der Waals surface area contributed by atoms with E-state index in [1.807, 2.05) is 55.5 Å². The Labute approximate surface area is 255 Å². The fourth-order valence-electron chi connectivity index (χ4n) is 6.14. The number of halogens is 2. The van der Waals surface area contributed by atoms with E-state index in [1.54, 1.807) is 0 Å². The van der Waals surface area contributed by atoms with Crippen molar-refractivity contribution in [1.29, 1.82) is 5.26 Å². The standard InChI is InChI=1S/C35H40Cl2N2O2/c1-2-41-34(40)24-31(23-29-12-6-8-14-32(29)36)35(26-38,25-30-13-7-9-15-33(30)37)18-21-39-19-16-28(17-20-39)22-27-10-4-3-5-11-27/h3-15,28,31H,2,16-25H2,1H3. The van der Waals surface area contributed by atoms with Crippen molar-refractivity contribution in [2.75, 3.05) is 26.2 Å². The lowest BCUT2D eigenvalue weighted by atomic mass is 9.66. The quantitative estimate of drug-likeness (QED) is 0.188. The van der Waals surface area contributed by atoms with Gasteiger partial charge in [0.1, 0.15) is 0 Å². The Bertz CT molecular complexity index is 1300. The summed E-state index contributed by atoms with van der Waals surface area (Å²) >= 11 is 13.2. The van der Waals surface area contributed by atoms with Gasteiger partial charge in [0, 0.05) is 10.0 Å². The van der Waals surface area contributed by atoms with Crippen LogP contribution in [0.25, 0.3) is 0 Å². The summed E-state index contributed by atoms with van der Waals surface area (Å²) in [6.45, 7) is 4.93. The number of nitrogens with zero attached hydrogens (tertiary/aromatic N) is 2. The zero-order valence-electron chi connectivity index (χ0n) is 23.9. The van der Waals surface area contributed by atoms with Gasteiger partial charge in [-0.2, -0.15) is 5.26 Å². The Kier molecular flexibility index (Phi) is 11.7. The Morgan fingerprint density at radius 3 is 2.20 bits per heavy atom. The van der Waals surface area contributed by atoms with E-state index < -0.39 is 5.41 Å².